The average Bonchev–Trinajstić information content (AvgIpc) is 3.50. The van der Waals surface area contributed by atoms with Gasteiger partial charge in [-0.2, -0.15) is 5.10 Å². The van der Waals surface area contributed by atoms with Crippen LogP contribution in [0.2, 0.25) is 0 Å². The van der Waals surface area contributed by atoms with Gasteiger partial charge in [-0.05, 0) is 74.0 Å². The van der Waals surface area contributed by atoms with Crippen LogP contribution < -0.4 is 10.2 Å². The zero-order chi connectivity index (χ0) is 24.7. The zero-order valence-corrected chi connectivity index (χ0v) is 21.1. The minimum absolute atomic E-state index is 0.218. The number of rotatable bonds is 5. The van der Waals surface area contributed by atoms with E-state index < -0.39 is 5.54 Å². The van der Waals surface area contributed by atoms with Gasteiger partial charge in [-0.3, -0.25) is 19.2 Å². The van der Waals surface area contributed by atoms with Crippen molar-refractivity contribution in [1.29, 1.82) is 0 Å². The number of amides is 2. The van der Waals surface area contributed by atoms with E-state index in [0.29, 0.717) is 17.9 Å². The summed E-state index contributed by atoms with van der Waals surface area (Å²) in [5, 5.41) is 9.77. The van der Waals surface area contributed by atoms with E-state index in [1.807, 2.05) is 87.7 Å². The monoisotopic (exact) mass is 484 g/mol. The van der Waals surface area contributed by atoms with Gasteiger partial charge in [-0.1, -0.05) is 42.0 Å². The molecular formula is C28H28N4O2S. The lowest BCUT2D eigenvalue weighted by molar-refractivity contribution is -0.126. The summed E-state index contributed by atoms with van der Waals surface area (Å²) < 4.78 is 1.68. The molecule has 7 heteroatoms. The van der Waals surface area contributed by atoms with E-state index in [-0.39, 0.29) is 18.4 Å². The highest BCUT2D eigenvalue weighted by Crippen LogP contribution is 2.35. The minimum atomic E-state index is -1.16. The molecule has 0 saturated heterocycles. The van der Waals surface area contributed by atoms with Gasteiger partial charge in [0.05, 0.1) is 11.4 Å². The van der Waals surface area contributed by atoms with Gasteiger partial charge >= 0.3 is 0 Å². The number of thiophene rings is 1. The number of hydrogen-bond donors (Lipinski definition) is 1. The SMILES string of the molecule is Cc1cccc(CNC(=O)[C@@]2(C)Cn3nc(-c4cccs4)cc3C(=O)N2c2ccc(C)c(C)c2)c1. The van der Waals surface area contributed by atoms with Crippen molar-refractivity contribution in [2.24, 2.45) is 0 Å². The highest BCUT2D eigenvalue weighted by Gasteiger charge is 2.49. The quantitative estimate of drug-likeness (QED) is 0.420. The number of nitrogens with zero attached hydrogens (tertiary/aromatic N) is 3. The van der Waals surface area contributed by atoms with Crippen molar-refractivity contribution in [3.8, 4) is 10.6 Å². The van der Waals surface area contributed by atoms with Crippen LogP contribution in [0.15, 0.2) is 66.0 Å². The van der Waals surface area contributed by atoms with Crippen LogP contribution in [0.1, 0.15) is 39.7 Å². The molecule has 3 heterocycles. The maximum Gasteiger partial charge on any atom is 0.277 e. The van der Waals surface area contributed by atoms with Gasteiger partial charge in [0.1, 0.15) is 16.9 Å². The van der Waals surface area contributed by atoms with Crippen molar-refractivity contribution in [2.75, 3.05) is 4.90 Å². The van der Waals surface area contributed by atoms with E-state index in [4.69, 9.17) is 5.10 Å². The first kappa shape index (κ1) is 23.1. The van der Waals surface area contributed by atoms with Crippen LogP contribution in [-0.4, -0.2) is 27.1 Å². The van der Waals surface area contributed by atoms with E-state index in [9.17, 15) is 9.59 Å². The van der Waals surface area contributed by atoms with Crippen LogP contribution in [0.25, 0.3) is 10.6 Å². The van der Waals surface area contributed by atoms with Gasteiger partial charge in [0.2, 0.25) is 5.91 Å². The number of nitrogens with one attached hydrogen (secondary N) is 1. The van der Waals surface area contributed by atoms with Gasteiger partial charge in [-0.15, -0.1) is 11.3 Å². The van der Waals surface area contributed by atoms with Crippen LogP contribution >= 0.6 is 11.3 Å². The lowest BCUT2D eigenvalue weighted by Crippen LogP contribution is -2.64. The third kappa shape index (κ3) is 4.17. The molecule has 1 aliphatic rings. The lowest BCUT2D eigenvalue weighted by Gasteiger charge is -2.43. The van der Waals surface area contributed by atoms with Gasteiger partial charge in [0, 0.05) is 12.2 Å². The lowest BCUT2D eigenvalue weighted by atomic mass is 9.93. The van der Waals surface area contributed by atoms with E-state index in [1.54, 1.807) is 20.9 Å². The Morgan fingerprint density at radius 2 is 1.89 bits per heavy atom. The summed E-state index contributed by atoms with van der Waals surface area (Å²) in [4.78, 5) is 30.3. The molecule has 0 radical (unpaired) electrons. The molecule has 2 amide bonds. The molecule has 2 aromatic heterocycles. The number of anilines is 1. The molecule has 1 atom stereocenters. The molecule has 1 aliphatic heterocycles. The predicted molar refractivity (Wildman–Crippen MR) is 140 cm³/mol. The Bertz CT molecular complexity index is 1420. The molecule has 5 rings (SSSR count). The van der Waals surface area contributed by atoms with Crippen molar-refractivity contribution in [2.45, 2.75) is 46.3 Å². The van der Waals surface area contributed by atoms with Crippen molar-refractivity contribution >= 4 is 28.8 Å². The van der Waals surface area contributed by atoms with Gasteiger partial charge in [-0.25, -0.2) is 0 Å². The second-order valence-electron chi connectivity index (χ2n) is 9.40. The van der Waals surface area contributed by atoms with Crippen LogP contribution in [-0.2, 0) is 17.9 Å². The summed E-state index contributed by atoms with van der Waals surface area (Å²) >= 11 is 1.57. The summed E-state index contributed by atoms with van der Waals surface area (Å²) in [5.74, 6) is -0.451. The Labute approximate surface area is 209 Å². The van der Waals surface area contributed by atoms with Crippen LogP contribution in [0.4, 0.5) is 5.69 Å². The molecule has 0 aliphatic carbocycles. The Kier molecular flexibility index (Phi) is 5.81. The molecule has 0 spiro atoms. The summed E-state index contributed by atoms with van der Waals surface area (Å²) in [7, 11) is 0. The molecular weight excluding hydrogens is 456 g/mol. The standard InChI is InChI=1S/C28H28N4O2S/c1-18-7-5-8-21(13-18)16-29-27(34)28(4)17-31-24(15-23(30-31)25-9-6-12-35-25)26(33)32(28)22-11-10-19(2)20(3)14-22/h5-15H,16-17H2,1-4H3,(H,29,34)/t28-/m1/s1. The molecule has 2 aromatic carbocycles. The summed E-state index contributed by atoms with van der Waals surface area (Å²) in [6.07, 6.45) is 0. The Hall–Kier alpha value is -3.71. The van der Waals surface area contributed by atoms with Crippen molar-refractivity contribution in [3.63, 3.8) is 0 Å². The fourth-order valence-corrected chi connectivity index (χ4v) is 5.27. The molecule has 0 bridgehead atoms. The maximum absolute atomic E-state index is 13.9. The number of carbonyl (C=O) groups excluding carboxylic acids is 2. The summed E-state index contributed by atoms with van der Waals surface area (Å²) in [5.41, 5.74) is 5.12. The second kappa shape index (κ2) is 8.82. The minimum Gasteiger partial charge on any atom is -0.350 e. The molecule has 178 valence electrons. The topological polar surface area (TPSA) is 67.2 Å². The number of carbonyl (C=O) groups is 2. The normalized spacial score (nSPS) is 17.4. The fraction of sp³-hybridized carbons (Fsp3) is 0.250. The number of aromatic nitrogens is 2. The highest BCUT2D eigenvalue weighted by molar-refractivity contribution is 7.13. The largest absolute Gasteiger partial charge is 0.350 e. The highest BCUT2D eigenvalue weighted by atomic mass is 32.1. The molecule has 4 aromatic rings. The fourth-order valence-electron chi connectivity index (χ4n) is 4.59. The van der Waals surface area contributed by atoms with E-state index >= 15 is 0 Å². The average molecular weight is 485 g/mol. The summed E-state index contributed by atoms with van der Waals surface area (Å²) in [6.45, 7) is 8.54. The van der Waals surface area contributed by atoms with E-state index in [0.717, 1.165) is 32.8 Å². The summed E-state index contributed by atoms with van der Waals surface area (Å²) in [6, 6.07) is 19.7. The van der Waals surface area contributed by atoms with Gasteiger partial charge < -0.3 is 5.32 Å². The molecule has 35 heavy (non-hydrogen) atoms. The van der Waals surface area contributed by atoms with Gasteiger partial charge in [0.25, 0.3) is 5.91 Å². The van der Waals surface area contributed by atoms with Gasteiger partial charge in [0.15, 0.2) is 0 Å². The molecule has 0 saturated carbocycles. The third-order valence-corrected chi connectivity index (χ3v) is 7.59. The van der Waals surface area contributed by atoms with Crippen LogP contribution in [0.5, 0.6) is 0 Å². The van der Waals surface area contributed by atoms with E-state index in [1.165, 1.54) is 0 Å². The Balaban J connectivity index is 1.55. The first-order valence-corrected chi connectivity index (χ1v) is 12.5. The van der Waals surface area contributed by atoms with Crippen molar-refractivity contribution in [1.82, 2.24) is 15.1 Å². The van der Waals surface area contributed by atoms with E-state index in [2.05, 4.69) is 11.4 Å². The third-order valence-electron chi connectivity index (χ3n) is 6.70. The molecule has 6 nitrogen and oxygen atoms in total. The van der Waals surface area contributed by atoms with Crippen LogP contribution in [0, 0.1) is 20.8 Å². The maximum atomic E-state index is 13.9. The first-order valence-electron chi connectivity index (χ1n) is 11.6. The van der Waals surface area contributed by atoms with Crippen molar-refractivity contribution in [3.05, 3.63) is 94.0 Å². The Morgan fingerprint density at radius 1 is 1.06 bits per heavy atom. The Morgan fingerprint density at radius 3 is 2.60 bits per heavy atom. The number of benzene rings is 2. The first-order chi connectivity index (χ1) is 16.8. The second-order valence-corrected chi connectivity index (χ2v) is 10.4. The smallest absolute Gasteiger partial charge is 0.277 e. The predicted octanol–water partition coefficient (Wildman–Crippen LogP) is 5.27. The molecule has 1 N–H and O–H groups in total. The zero-order valence-electron chi connectivity index (χ0n) is 20.3. The number of fused-ring (bicyclic) bond motifs is 1. The number of hydrogen-bond acceptors (Lipinski definition) is 4. The van der Waals surface area contributed by atoms with Crippen LogP contribution in [0.3, 0.4) is 0 Å². The van der Waals surface area contributed by atoms with Crippen molar-refractivity contribution < 1.29 is 9.59 Å². The molecule has 0 fully saturated rings. The number of aryl methyl sites for hydroxylation is 3. The molecule has 0 unspecified atom stereocenters.